The number of aromatic nitrogens is 2. The number of benzene rings is 7. The second-order valence-electron chi connectivity index (χ2n) is 12.1. The molecule has 9 aromatic rings. The number of fused-ring (bicyclic) bond motifs is 8. The van der Waals surface area contributed by atoms with E-state index in [-0.39, 0.29) is 0 Å². The Balaban J connectivity index is 1.22. The first-order valence-corrected chi connectivity index (χ1v) is 17.5. The van der Waals surface area contributed by atoms with E-state index in [4.69, 9.17) is 4.74 Å². The fourth-order valence-corrected chi connectivity index (χ4v) is 10.4. The van der Waals surface area contributed by atoms with Gasteiger partial charge in [-0.1, -0.05) is 103 Å². The molecule has 0 saturated heterocycles. The van der Waals surface area contributed by atoms with Crippen molar-refractivity contribution in [1.82, 2.24) is 9.13 Å². The summed E-state index contributed by atoms with van der Waals surface area (Å²) < 4.78 is 27.0. The minimum Gasteiger partial charge on any atom is -0.456 e. The summed E-state index contributed by atoms with van der Waals surface area (Å²) in [4.78, 5) is 0. The van der Waals surface area contributed by atoms with Crippen LogP contribution in [0.2, 0.25) is 0 Å². The van der Waals surface area contributed by atoms with E-state index in [0.29, 0.717) is 22.1 Å². The van der Waals surface area contributed by atoms with Crippen molar-refractivity contribution in [1.29, 1.82) is 0 Å². The van der Waals surface area contributed by atoms with Crippen molar-refractivity contribution in [2.24, 2.45) is 0 Å². The normalized spacial score (nSPS) is 13.5. The van der Waals surface area contributed by atoms with E-state index in [1.807, 2.05) is 42.5 Å². The standard InChI is InChI=1S/C42H27N2O2P/c45-47(30-12-2-1-3-13-30)41-24-22-28(43-35-18-8-4-14-31(35)32-15-5-9-19-36(32)43)26-39(41)46-40-27-29(23-25-42(40)47)44-37-20-10-6-16-33(37)34-17-7-11-21-38(34)44/h1-27H. The topological polar surface area (TPSA) is 36.2 Å². The maximum Gasteiger partial charge on any atom is 0.178 e. The number of hydrogen-bond acceptors (Lipinski definition) is 2. The van der Waals surface area contributed by atoms with E-state index in [1.54, 1.807) is 0 Å². The first-order chi connectivity index (χ1) is 23.2. The van der Waals surface area contributed by atoms with E-state index in [0.717, 1.165) is 38.7 Å². The molecule has 0 unspecified atom stereocenters. The largest absolute Gasteiger partial charge is 0.456 e. The van der Waals surface area contributed by atoms with Gasteiger partial charge in [-0.15, -0.1) is 0 Å². The summed E-state index contributed by atoms with van der Waals surface area (Å²) in [7, 11) is -3.27. The van der Waals surface area contributed by atoms with Crippen LogP contribution in [0.15, 0.2) is 164 Å². The molecule has 10 rings (SSSR count). The molecule has 0 radical (unpaired) electrons. The lowest BCUT2D eigenvalue weighted by molar-refractivity contribution is 0.485. The van der Waals surface area contributed by atoms with Crippen LogP contribution in [0.4, 0.5) is 0 Å². The molecule has 0 saturated carbocycles. The summed E-state index contributed by atoms with van der Waals surface area (Å²) in [6, 6.07) is 56.0. The molecule has 1 aliphatic heterocycles. The summed E-state index contributed by atoms with van der Waals surface area (Å²) in [5.41, 5.74) is 6.38. The zero-order valence-corrected chi connectivity index (χ0v) is 26.1. The summed E-state index contributed by atoms with van der Waals surface area (Å²) >= 11 is 0. The maximum absolute atomic E-state index is 15.6. The molecule has 222 valence electrons. The second kappa shape index (κ2) is 9.83. The van der Waals surface area contributed by atoms with Gasteiger partial charge in [0.2, 0.25) is 0 Å². The Hall–Kier alpha value is -5.83. The van der Waals surface area contributed by atoms with Crippen LogP contribution >= 0.6 is 7.14 Å². The van der Waals surface area contributed by atoms with Crippen molar-refractivity contribution in [2.45, 2.75) is 0 Å². The molecule has 0 amide bonds. The van der Waals surface area contributed by atoms with Crippen LogP contribution in [-0.2, 0) is 4.57 Å². The lowest BCUT2D eigenvalue weighted by Gasteiger charge is -2.30. The fourth-order valence-electron chi connectivity index (χ4n) is 7.53. The summed E-state index contributed by atoms with van der Waals surface area (Å²) in [6.07, 6.45) is 0. The maximum atomic E-state index is 15.6. The van der Waals surface area contributed by atoms with Crippen molar-refractivity contribution >= 4 is 66.7 Å². The van der Waals surface area contributed by atoms with Gasteiger partial charge >= 0.3 is 0 Å². The van der Waals surface area contributed by atoms with Crippen LogP contribution < -0.4 is 20.7 Å². The predicted octanol–water partition coefficient (Wildman–Crippen LogP) is 9.63. The van der Waals surface area contributed by atoms with Crippen LogP contribution in [0.3, 0.4) is 0 Å². The van der Waals surface area contributed by atoms with Crippen LogP contribution in [0, 0.1) is 0 Å². The molecule has 0 bridgehead atoms. The molecule has 3 heterocycles. The van der Waals surface area contributed by atoms with Crippen molar-refractivity contribution in [2.75, 3.05) is 0 Å². The average Bonchev–Trinajstić information content (AvgIpc) is 3.65. The molecule has 0 spiro atoms. The van der Waals surface area contributed by atoms with E-state index < -0.39 is 7.14 Å². The van der Waals surface area contributed by atoms with Crippen molar-refractivity contribution in [3.05, 3.63) is 164 Å². The minimum atomic E-state index is -3.27. The summed E-state index contributed by atoms with van der Waals surface area (Å²) in [5, 5.41) is 6.99. The highest BCUT2D eigenvalue weighted by atomic mass is 31.2. The van der Waals surface area contributed by atoms with Crippen LogP contribution in [-0.4, -0.2) is 9.13 Å². The van der Waals surface area contributed by atoms with E-state index >= 15 is 4.57 Å². The van der Waals surface area contributed by atoms with Gasteiger partial charge in [0, 0.05) is 50.4 Å². The number of rotatable bonds is 3. The smallest absolute Gasteiger partial charge is 0.178 e. The van der Waals surface area contributed by atoms with E-state index in [9.17, 15) is 0 Å². The Morgan fingerprint density at radius 3 is 1.17 bits per heavy atom. The highest BCUT2D eigenvalue weighted by molar-refractivity contribution is 7.85. The molecule has 0 N–H and O–H groups in total. The first kappa shape index (κ1) is 26.4. The zero-order valence-electron chi connectivity index (χ0n) is 25.2. The van der Waals surface area contributed by atoms with Gasteiger partial charge in [0.25, 0.3) is 0 Å². The van der Waals surface area contributed by atoms with Gasteiger partial charge in [-0.3, -0.25) is 0 Å². The van der Waals surface area contributed by atoms with Crippen molar-refractivity contribution < 1.29 is 9.30 Å². The third-order valence-electron chi connectivity index (χ3n) is 9.58. The molecule has 0 atom stereocenters. The fraction of sp³-hybridized carbons (Fsp3) is 0. The molecule has 1 aliphatic rings. The van der Waals surface area contributed by atoms with Crippen LogP contribution in [0.1, 0.15) is 0 Å². The monoisotopic (exact) mass is 622 g/mol. The van der Waals surface area contributed by atoms with Gasteiger partial charge in [0.05, 0.1) is 32.7 Å². The molecule has 0 aliphatic carbocycles. The average molecular weight is 623 g/mol. The van der Waals surface area contributed by atoms with Gasteiger partial charge in [0.1, 0.15) is 11.5 Å². The van der Waals surface area contributed by atoms with Gasteiger partial charge < -0.3 is 18.4 Å². The third kappa shape index (κ3) is 3.68. The molecule has 47 heavy (non-hydrogen) atoms. The Morgan fingerprint density at radius 1 is 0.404 bits per heavy atom. The molecule has 2 aromatic heterocycles. The Kier molecular flexibility index (Phi) is 5.52. The van der Waals surface area contributed by atoms with Crippen molar-refractivity contribution in [3.63, 3.8) is 0 Å². The van der Waals surface area contributed by atoms with E-state index in [1.165, 1.54) is 21.5 Å². The number of nitrogens with zero attached hydrogens (tertiary/aromatic N) is 2. The summed E-state index contributed by atoms with van der Waals surface area (Å²) in [6.45, 7) is 0. The first-order valence-electron chi connectivity index (χ1n) is 15.8. The molecule has 5 heteroatoms. The van der Waals surface area contributed by atoms with Crippen molar-refractivity contribution in [3.8, 4) is 22.9 Å². The third-order valence-corrected chi connectivity index (χ3v) is 12.7. The Morgan fingerprint density at radius 2 is 0.766 bits per heavy atom. The molecule has 7 aromatic carbocycles. The quantitative estimate of drug-likeness (QED) is 0.184. The molecule has 0 fully saturated rings. The Bertz CT molecular complexity index is 2480. The van der Waals surface area contributed by atoms with Gasteiger partial charge in [-0.05, 0) is 48.5 Å². The molecular weight excluding hydrogens is 595 g/mol. The zero-order chi connectivity index (χ0) is 31.1. The number of para-hydroxylation sites is 4. The summed E-state index contributed by atoms with van der Waals surface area (Å²) in [5.74, 6) is 1.23. The Labute approximate surface area is 271 Å². The predicted molar refractivity (Wildman–Crippen MR) is 195 cm³/mol. The highest BCUT2D eigenvalue weighted by Gasteiger charge is 2.39. The highest BCUT2D eigenvalue weighted by Crippen LogP contribution is 2.52. The number of hydrogen-bond donors (Lipinski definition) is 0. The van der Waals surface area contributed by atoms with E-state index in [2.05, 4.69) is 130 Å². The lowest BCUT2D eigenvalue weighted by Crippen LogP contribution is -2.31. The van der Waals surface area contributed by atoms with Crippen LogP contribution in [0.5, 0.6) is 11.5 Å². The molecule has 4 nitrogen and oxygen atoms in total. The van der Waals surface area contributed by atoms with Gasteiger partial charge in [0.15, 0.2) is 7.14 Å². The van der Waals surface area contributed by atoms with Crippen LogP contribution in [0.25, 0.3) is 55.0 Å². The SMILES string of the molecule is O=P1(c2ccccc2)c2ccc(-n3c4ccccc4c4ccccc43)cc2Oc2cc(-n3c4ccccc4c4ccccc43)ccc21. The van der Waals surface area contributed by atoms with Gasteiger partial charge in [-0.2, -0.15) is 0 Å². The lowest BCUT2D eigenvalue weighted by atomic mass is 10.2. The second-order valence-corrected chi connectivity index (χ2v) is 14.8. The minimum absolute atomic E-state index is 0.614. The van der Waals surface area contributed by atoms with Gasteiger partial charge in [-0.25, -0.2) is 0 Å². The molecular formula is C42H27N2O2P. The number of ether oxygens (including phenoxy) is 1.